The first-order chi connectivity index (χ1) is 10.6. The van der Waals surface area contributed by atoms with Crippen LogP contribution in [0, 0.1) is 35.1 Å². The minimum absolute atomic E-state index is 0.150. The molecular formula is C15H4ClF7. The van der Waals surface area contributed by atoms with Crippen LogP contribution >= 0.6 is 11.6 Å². The molecule has 0 aliphatic heterocycles. The molecule has 0 saturated carbocycles. The predicted octanol–water partition coefficient (Wildman–Crippen LogP) is 5.32. The Kier molecular flexibility index (Phi) is 4.57. The molecule has 0 radical (unpaired) electrons. The van der Waals surface area contributed by atoms with Gasteiger partial charge in [-0.15, -0.1) is 0 Å². The fourth-order valence-corrected chi connectivity index (χ4v) is 1.88. The van der Waals surface area contributed by atoms with Crippen LogP contribution in [0.5, 0.6) is 0 Å². The Labute approximate surface area is 130 Å². The molecule has 2 rings (SSSR count). The lowest BCUT2D eigenvalue weighted by atomic mass is 10.1. The molecule has 0 nitrogen and oxygen atoms in total. The highest BCUT2D eigenvalue weighted by atomic mass is 35.5. The minimum Gasteiger partial charge on any atom is -0.203 e. The van der Waals surface area contributed by atoms with Gasteiger partial charge in [-0.1, -0.05) is 29.5 Å². The molecule has 0 spiro atoms. The standard InChI is InChI=1S/C15H4ClF7/c16-8-3-1-2-7(6-8)4-5-9-11(17)13(19)10(15(21,22)23)14(20)12(9)18/h1-3,6H. The van der Waals surface area contributed by atoms with E-state index in [-0.39, 0.29) is 10.6 Å². The Morgan fingerprint density at radius 1 is 0.826 bits per heavy atom. The summed E-state index contributed by atoms with van der Waals surface area (Å²) in [5, 5.41) is 0.238. The van der Waals surface area contributed by atoms with E-state index in [0.717, 1.165) is 0 Å². The Hall–Kier alpha value is -2.20. The molecule has 0 N–H and O–H groups in total. The number of benzene rings is 2. The van der Waals surface area contributed by atoms with Crippen molar-refractivity contribution in [3.8, 4) is 11.8 Å². The number of hydrogen-bond acceptors (Lipinski definition) is 0. The van der Waals surface area contributed by atoms with E-state index in [0.29, 0.717) is 0 Å². The molecule has 0 heterocycles. The fourth-order valence-electron chi connectivity index (χ4n) is 1.69. The van der Waals surface area contributed by atoms with Crippen molar-refractivity contribution in [1.82, 2.24) is 0 Å². The van der Waals surface area contributed by atoms with Crippen LogP contribution in [0.1, 0.15) is 16.7 Å². The third-order valence-corrected chi connectivity index (χ3v) is 2.94. The lowest BCUT2D eigenvalue weighted by molar-refractivity contribution is -0.143. The molecule has 2 aromatic rings. The van der Waals surface area contributed by atoms with Crippen molar-refractivity contribution in [2.75, 3.05) is 0 Å². The van der Waals surface area contributed by atoms with Gasteiger partial charge in [0.2, 0.25) is 0 Å². The summed E-state index contributed by atoms with van der Waals surface area (Å²) in [6, 6.07) is 5.60. The zero-order valence-electron chi connectivity index (χ0n) is 10.8. The van der Waals surface area contributed by atoms with E-state index in [1.165, 1.54) is 24.3 Å². The average Bonchev–Trinajstić information content (AvgIpc) is 2.44. The molecule has 0 atom stereocenters. The van der Waals surface area contributed by atoms with Crippen LogP contribution in [0.3, 0.4) is 0 Å². The summed E-state index contributed by atoms with van der Waals surface area (Å²) >= 11 is 5.65. The lowest BCUT2D eigenvalue weighted by Gasteiger charge is -2.11. The van der Waals surface area contributed by atoms with Gasteiger partial charge in [0.1, 0.15) is 11.1 Å². The SMILES string of the molecule is Fc1c(F)c(C(F)(F)F)c(F)c(F)c1C#Cc1cccc(Cl)c1. The van der Waals surface area contributed by atoms with Crippen LogP contribution in [-0.4, -0.2) is 0 Å². The van der Waals surface area contributed by atoms with E-state index in [1.54, 1.807) is 5.92 Å². The Balaban J connectivity index is 2.63. The molecule has 0 unspecified atom stereocenters. The molecule has 2 aromatic carbocycles. The summed E-state index contributed by atoms with van der Waals surface area (Å²) in [4.78, 5) is 0. The van der Waals surface area contributed by atoms with Gasteiger partial charge in [-0.2, -0.15) is 13.2 Å². The van der Waals surface area contributed by atoms with E-state index in [2.05, 4.69) is 5.92 Å². The van der Waals surface area contributed by atoms with Crippen LogP contribution in [0.25, 0.3) is 0 Å². The van der Waals surface area contributed by atoms with Gasteiger partial charge >= 0.3 is 6.18 Å². The second-order valence-electron chi connectivity index (χ2n) is 4.26. The third-order valence-electron chi connectivity index (χ3n) is 2.70. The van der Waals surface area contributed by atoms with Crippen molar-refractivity contribution < 1.29 is 30.7 Å². The van der Waals surface area contributed by atoms with Gasteiger partial charge in [0, 0.05) is 10.6 Å². The van der Waals surface area contributed by atoms with Gasteiger partial charge in [-0.25, -0.2) is 17.6 Å². The quantitative estimate of drug-likeness (QED) is 0.342. The van der Waals surface area contributed by atoms with E-state index in [9.17, 15) is 30.7 Å². The normalized spacial score (nSPS) is 11.1. The number of halogens is 8. The first-order valence-electron chi connectivity index (χ1n) is 5.83. The van der Waals surface area contributed by atoms with Crippen molar-refractivity contribution in [2.24, 2.45) is 0 Å². The van der Waals surface area contributed by atoms with Crippen molar-refractivity contribution >= 4 is 11.6 Å². The molecule has 0 fully saturated rings. The molecular weight excluding hydrogens is 349 g/mol. The Morgan fingerprint density at radius 2 is 1.39 bits per heavy atom. The zero-order chi connectivity index (χ0) is 17.4. The summed E-state index contributed by atoms with van der Waals surface area (Å²) < 4.78 is 91.3. The van der Waals surface area contributed by atoms with E-state index in [4.69, 9.17) is 11.6 Å². The van der Waals surface area contributed by atoms with E-state index in [1.807, 2.05) is 0 Å². The molecule has 120 valence electrons. The van der Waals surface area contributed by atoms with Gasteiger partial charge in [0.25, 0.3) is 0 Å². The molecule has 0 amide bonds. The maximum Gasteiger partial charge on any atom is 0.422 e. The summed E-state index contributed by atoms with van der Waals surface area (Å²) in [5.41, 5.74) is -3.93. The summed E-state index contributed by atoms with van der Waals surface area (Å²) in [6.45, 7) is 0. The summed E-state index contributed by atoms with van der Waals surface area (Å²) in [5.74, 6) is -5.59. The maximum absolute atomic E-state index is 13.6. The van der Waals surface area contributed by atoms with Crippen molar-refractivity contribution in [3.63, 3.8) is 0 Å². The monoisotopic (exact) mass is 352 g/mol. The largest absolute Gasteiger partial charge is 0.422 e. The van der Waals surface area contributed by atoms with Gasteiger partial charge in [0.05, 0.1) is 0 Å². The molecule has 0 aliphatic carbocycles. The minimum atomic E-state index is -5.59. The van der Waals surface area contributed by atoms with Crippen molar-refractivity contribution in [3.05, 3.63) is 69.2 Å². The van der Waals surface area contributed by atoms with Crippen LogP contribution in [0.2, 0.25) is 5.02 Å². The highest BCUT2D eigenvalue weighted by Crippen LogP contribution is 2.36. The smallest absolute Gasteiger partial charge is 0.203 e. The molecule has 8 heteroatoms. The molecule has 0 aromatic heterocycles. The lowest BCUT2D eigenvalue weighted by Crippen LogP contribution is -2.16. The Morgan fingerprint density at radius 3 is 1.87 bits per heavy atom. The van der Waals surface area contributed by atoms with E-state index < -0.39 is 40.6 Å². The molecule has 0 bridgehead atoms. The summed E-state index contributed by atoms with van der Waals surface area (Å²) in [6.07, 6.45) is -5.59. The van der Waals surface area contributed by atoms with Crippen molar-refractivity contribution in [2.45, 2.75) is 6.18 Å². The van der Waals surface area contributed by atoms with Gasteiger partial charge in [-0.05, 0) is 18.2 Å². The highest BCUT2D eigenvalue weighted by Gasteiger charge is 2.42. The molecule has 23 heavy (non-hydrogen) atoms. The van der Waals surface area contributed by atoms with Gasteiger partial charge < -0.3 is 0 Å². The number of alkyl halides is 3. The third kappa shape index (κ3) is 3.42. The van der Waals surface area contributed by atoms with Crippen LogP contribution < -0.4 is 0 Å². The second kappa shape index (κ2) is 6.13. The average molecular weight is 353 g/mol. The first-order valence-corrected chi connectivity index (χ1v) is 6.21. The van der Waals surface area contributed by atoms with Crippen LogP contribution in [0.15, 0.2) is 24.3 Å². The number of rotatable bonds is 0. The zero-order valence-corrected chi connectivity index (χ0v) is 11.6. The van der Waals surface area contributed by atoms with Gasteiger partial charge in [-0.3, -0.25) is 0 Å². The molecule has 0 aliphatic rings. The molecule has 0 saturated heterocycles. The van der Waals surface area contributed by atoms with E-state index >= 15 is 0 Å². The maximum atomic E-state index is 13.6. The number of hydrogen-bond donors (Lipinski definition) is 0. The van der Waals surface area contributed by atoms with Crippen molar-refractivity contribution in [1.29, 1.82) is 0 Å². The topological polar surface area (TPSA) is 0 Å². The fraction of sp³-hybridized carbons (Fsp3) is 0.0667. The highest BCUT2D eigenvalue weighted by molar-refractivity contribution is 6.30. The first kappa shape index (κ1) is 17.2. The Bertz CT molecular complexity index is 799. The summed E-state index contributed by atoms with van der Waals surface area (Å²) in [7, 11) is 0. The van der Waals surface area contributed by atoms with Gasteiger partial charge in [0.15, 0.2) is 23.3 Å². The van der Waals surface area contributed by atoms with Crippen LogP contribution in [0.4, 0.5) is 30.7 Å². The predicted molar refractivity (Wildman–Crippen MR) is 68.7 cm³/mol. The second-order valence-corrected chi connectivity index (χ2v) is 4.70. The van der Waals surface area contributed by atoms with Crippen LogP contribution in [-0.2, 0) is 6.18 Å².